The zero-order chi connectivity index (χ0) is 13.5. The Balaban J connectivity index is 3.93. The van der Waals surface area contributed by atoms with E-state index < -0.39 is 9.84 Å². The SMILES string of the molecule is CN=C(NCCCS(C)(=O)=O)NC(C)C(C)C. The first-order chi connectivity index (χ1) is 7.76. The highest BCUT2D eigenvalue weighted by Gasteiger charge is 2.08. The van der Waals surface area contributed by atoms with Crippen molar-refractivity contribution in [2.75, 3.05) is 25.6 Å². The summed E-state index contributed by atoms with van der Waals surface area (Å²) in [6.45, 7) is 6.97. The van der Waals surface area contributed by atoms with Crippen molar-refractivity contribution in [3.63, 3.8) is 0 Å². The Hall–Kier alpha value is -0.780. The fourth-order valence-electron chi connectivity index (χ4n) is 1.12. The van der Waals surface area contributed by atoms with Crippen molar-refractivity contribution in [3.05, 3.63) is 0 Å². The van der Waals surface area contributed by atoms with Gasteiger partial charge in [-0.2, -0.15) is 0 Å². The van der Waals surface area contributed by atoms with Gasteiger partial charge in [-0.3, -0.25) is 4.99 Å². The number of guanidine groups is 1. The summed E-state index contributed by atoms with van der Waals surface area (Å²) < 4.78 is 21.9. The van der Waals surface area contributed by atoms with Gasteiger partial charge < -0.3 is 10.6 Å². The molecule has 0 heterocycles. The molecular weight excluding hydrogens is 238 g/mol. The molecule has 0 aliphatic carbocycles. The number of hydrogen-bond donors (Lipinski definition) is 2. The van der Waals surface area contributed by atoms with Gasteiger partial charge in [-0.1, -0.05) is 13.8 Å². The van der Waals surface area contributed by atoms with E-state index in [2.05, 4.69) is 36.4 Å². The van der Waals surface area contributed by atoms with Crippen molar-refractivity contribution >= 4 is 15.8 Å². The molecule has 17 heavy (non-hydrogen) atoms. The topological polar surface area (TPSA) is 70.6 Å². The molecule has 1 atom stereocenters. The van der Waals surface area contributed by atoms with Crippen LogP contribution in [-0.4, -0.2) is 46.0 Å². The highest BCUT2D eigenvalue weighted by Crippen LogP contribution is 1.99. The Kier molecular flexibility index (Phi) is 7.18. The Labute approximate surface area is 105 Å². The quantitative estimate of drug-likeness (QED) is 0.419. The Morgan fingerprint density at radius 2 is 1.88 bits per heavy atom. The molecule has 0 aromatic rings. The average molecular weight is 263 g/mol. The van der Waals surface area contributed by atoms with Gasteiger partial charge in [-0.25, -0.2) is 8.42 Å². The largest absolute Gasteiger partial charge is 0.356 e. The fourth-order valence-corrected chi connectivity index (χ4v) is 1.79. The van der Waals surface area contributed by atoms with Crippen molar-refractivity contribution < 1.29 is 8.42 Å². The third-order valence-electron chi connectivity index (χ3n) is 2.57. The molecule has 6 heteroatoms. The Morgan fingerprint density at radius 3 is 2.29 bits per heavy atom. The zero-order valence-corrected chi connectivity index (χ0v) is 12.3. The molecule has 5 nitrogen and oxygen atoms in total. The van der Waals surface area contributed by atoms with Crippen molar-refractivity contribution in [3.8, 4) is 0 Å². The predicted molar refractivity (Wildman–Crippen MR) is 73.1 cm³/mol. The molecule has 1 unspecified atom stereocenters. The highest BCUT2D eigenvalue weighted by atomic mass is 32.2. The minimum atomic E-state index is -2.87. The van der Waals surface area contributed by atoms with Gasteiger partial charge in [0.1, 0.15) is 9.84 Å². The monoisotopic (exact) mass is 263 g/mol. The van der Waals surface area contributed by atoms with E-state index in [0.29, 0.717) is 24.9 Å². The van der Waals surface area contributed by atoms with E-state index in [1.54, 1.807) is 7.05 Å². The van der Waals surface area contributed by atoms with Crippen LogP contribution in [-0.2, 0) is 9.84 Å². The zero-order valence-electron chi connectivity index (χ0n) is 11.4. The van der Waals surface area contributed by atoms with Crippen LogP contribution in [0.5, 0.6) is 0 Å². The maximum atomic E-state index is 10.9. The van der Waals surface area contributed by atoms with Crippen LogP contribution < -0.4 is 10.6 Å². The van der Waals surface area contributed by atoms with Crippen molar-refractivity contribution in [1.82, 2.24) is 10.6 Å². The maximum absolute atomic E-state index is 10.9. The lowest BCUT2D eigenvalue weighted by molar-refractivity contribution is 0.481. The molecule has 0 saturated carbocycles. The summed E-state index contributed by atoms with van der Waals surface area (Å²) in [5.41, 5.74) is 0. The van der Waals surface area contributed by atoms with Crippen molar-refractivity contribution in [1.29, 1.82) is 0 Å². The van der Waals surface area contributed by atoms with Gasteiger partial charge in [0.2, 0.25) is 0 Å². The third-order valence-corrected chi connectivity index (χ3v) is 3.60. The Morgan fingerprint density at radius 1 is 1.29 bits per heavy atom. The van der Waals surface area contributed by atoms with E-state index in [9.17, 15) is 8.42 Å². The van der Waals surface area contributed by atoms with E-state index in [-0.39, 0.29) is 5.75 Å². The molecular formula is C11H25N3O2S. The summed E-state index contributed by atoms with van der Waals surface area (Å²) in [6, 6.07) is 0.330. The molecule has 2 N–H and O–H groups in total. The molecule has 0 aromatic heterocycles. The standard InChI is InChI=1S/C11H25N3O2S/c1-9(2)10(3)14-11(12-4)13-7-6-8-17(5,15)16/h9-10H,6-8H2,1-5H3,(H2,12,13,14). The summed E-state index contributed by atoms with van der Waals surface area (Å²) in [6.07, 6.45) is 1.84. The van der Waals surface area contributed by atoms with Gasteiger partial charge in [-0.15, -0.1) is 0 Å². The summed E-state index contributed by atoms with van der Waals surface area (Å²) in [4.78, 5) is 4.09. The molecule has 0 rings (SSSR count). The van der Waals surface area contributed by atoms with Crippen LogP contribution in [0.25, 0.3) is 0 Å². The van der Waals surface area contributed by atoms with Gasteiger partial charge in [0.25, 0.3) is 0 Å². The summed E-state index contributed by atoms with van der Waals surface area (Å²) in [7, 11) is -1.16. The van der Waals surface area contributed by atoms with E-state index in [4.69, 9.17) is 0 Å². The number of aliphatic imine (C=N–C) groups is 1. The molecule has 0 bridgehead atoms. The van der Waals surface area contributed by atoms with Crippen LogP contribution in [0, 0.1) is 5.92 Å². The van der Waals surface area contributed by atoms with Gasteiger partial charge in [-0.05, 0) is 19.3 Å². The van der Waals surface area contributed by atoms with Gasteiger partial charge in [0.15, 0.2) is 5.96 Å². The Bertz CT molecular complexity index is 337. The summed E-state index contributed by atoms with van der Waals surface area (Å²) >= 11 is 0. The van der Waals surface area contributed by atoms with Crippen LogP contribution in [0.4, 0.5) is 0 Å². The van der Waals surface area contributed by atoms with E-state index >= 15 is 0 Å². The molecule has 0 amide bonds. The molecule has 0 aliphatic heterocycles. The van der Waals surface area contributed by atoms with E-state index in [1.165, 1.54) is 6.26 Å². The molecule has 0 aliphatic rings. The number of sulfone groups is 1. The summed E-state index contributed by atoms with van der Waals surface area (Å²) in [5, 5.41) is 6.36. The van der Waals surface area contributed by atoms with Crippen LogP contribution in [0.3, 0.4) is 0 Å². The first-order valence-corrected chi connectivity index (χ1v) is 7.97. The third kappa shape index (κ3) is 8.97. The maximum Gasteiger partial charge on any atom is 0.191 e. The number of nitrogens with zero attached hydrogens (tertiary/aromatic N) is 1. The van der Waals surface area contributed by atoms with Crippen LogP contribution >= 0.6 is 0 Å². The van der Waals surface area contributed by atoms with Crippen LogP contribution in [0.2, 0.25) is 0 Å². The summed E-state index contributed by atoms with van der Waals surface area (Å²) in [5.74, 6) is 1.45. The lowest BCUT2D eigenvalue weighted by Crippen LogP contribution is -2.44. The minimum absolute atomic E-state index is 0.205. The second kappa shape index (κ2) is 7.53. The minimum Gasteiger partial charge on any atom is -0.356 e. The van der Waals surface area contributed by atoms with E-state index in [1.807, 2.05) is 0 Å². The molecule has 0 radical (unpaired) electrons. The predicted octanol–water partition coefficient (Wildman–Crippen LogP) is 0.631. The van der Waals surface area contributed by atoms with Gasteiger partial charge in [0.05, 0.1) is 5.75 Å². The van der Waals surface area contributed by atoms with Gasteiger partial charge >= 0.3 is 0 Å². The van der Waals surface area contributed by atoms with Crippen molar-refractivity contribution in [2.24, 2.45) is 10.9 Å². The average Bonchev–Trinajstić information content (AvgIpc) is 2.20. The number of hydrogen-bond acceptors (Lipinski definition) is 3. The van der Waals surface area contributed by atoms with E-state index in [0.717, 1.165) is 5.96 Å². The first-order valence-electron chi connectivity index (χ1n) is 5.91. The van der Waals surface area contributed by atoms with Crippen LogP contribution in [0.15, 0.2) is 4.99 Å². The number of rotatable bonds is 6. The molecule has 0 aromatic carbocycles. The molecule has 0 spiro atoms. The smallest absolute Gasteiger partial charge is 0.191 e. The fraction of sp³-hybridized carbons (Fsp3) is 0.909. The lowest BCUT2D eigenvalue weighted by Gasteiger charge is -2.20. The second-order valence-electron chi connectivity index (χ2n) is 4.66. The normalized spacial score (nSPS) is 14.8. The highest BCUT2D eigenvalue weighted by molar-refractivity contribution is 7.90. The molecule has 0 fully saturated rings. The second-order valence-corrected chi connectivity index (χ2v) is 6.92. The van der Waals surface area contributed by atoms with Crippen LogP contribution in [0.1, 0.15) is 27.2 Å². The first kappa shape index (κ1) is 16.2. The number of nitrogens with one attached hydrogen (secondary N) is 2. The molecule has 102 valence electrons. The van der Waals surface area contributed by atoms with Gasteiger partial charge in [0, 0.05) is 25.9 Å². The van der Waals surface area contributed by atoms with Crippen molar-refractivity contribution in [2.45, 2.75) is 33.2 Å². The molecule has 0 saturated heterocycles. The lowest BCUT2D eigenvalue weighted by atomic mass is 10.1.